The molecule has 0 aromatic heterocycles. The number of aliphatic hydroxyl groups is 1. The van der Waals surface area contributed by atoms with Crippen molar-refractivity contribution in [2.75, 3.05) is 44.6 Å². The Morgan fingerprint density at radius 2 is 1.92 bits per heavy atom. The molecule has 6 nitrogen and oxygen atoms in total. The highest BCUT2D eigenvalue weighted by molar-refractivity contribution is 5.59. The van der Waals surface area contributed by atoms with Crippen molar-refractivity contribution in [3.8, 4) is 6.07 Å². The number of hydrogen-bond donors (Lipinski definition) is 3. The maximum atomic E-state index is 13.8. The van der Waals surface area contributed by atoms with Crippen LogP contribution >= 0.6 is 0 Å². The highest BCUT2D eigenvalue weighted by atomic mass is 19.4. The number of aliphatic hydroxyl groups excluding tert-OH is 1. The molecule has 5 aliphatic rings. The SMILES string of the molecule is N#Cc1cccc(C23CCC4(N(CCN5CCNCC5)C(O)Nc5ccc(F)c(C(F)(F)F)c5)C2[C@@H]34)c1. The minimum absolute atomic E-state index is 0.0131. The summed E-state index contributed by atoms with van der Waals surface area (Å²) in [5.74, 6) is -0.662. The van der Waals surface area contributed by atoms with Gasteiger partial charge in [-0.05, 0) is 60.6 Å². The van der Waals surface area contributed by atoms with Gasteiger partial charge < -0.3 is 15.7 Å². The second-order valence-corrected chi connectivity index (χ2v) is 10.7. The Morgan fingerprint density at radius 3 is 2.62 bits per heavy atom. The Kier molecular flexibility index (Phi) is 5.77. The molecule has 5 atom stereocenters. The van der Waals surface area contributed by atoms with Gasteiger partial charge in [0.1, 0.15) is 5.82 Å². The molecule has 196 valence electrons. The number of piperazine rings is 1. The van der Waals surface area contributed by atoms with Crippen molar-refractivity contribution in [3.63, 3.8) is 0 Å². The Bertz CT molecular complexity index is 1230. The molecule has 0 amide bonds. The summed E-state index contributed by atoms with van der Waals surface area (Å²) in [7, 11) is 0. The third-order valence-corrected chi connectivity index (χ3v) is 9.03. The van der Waals surface area contributed by atoms with Crippen LogP contribution in [0, 0.1) is 29.0 Å². The molecule has 4 aliphatic carbocycles. The number of benzene rings is 2. The van der Waals surface area contributed by atoms with Crippen LogP contribution in [0.15, 0.2) is 42.5 Å². The maximum Gasteiger partial charge on any atom is 0.419 e. The van der Waals surface area contributed by atoms with Crippen LogP contribution in [0.1, 0.15) is 29.5 Å². The van der Waals surface area contributed by atoms with Crippen LogP contribution < -0.4 is 10.6 Å². The van der Waals surface area contributed by atoms with E-state index in [1.54, 1.807) is 6.07 Å². The van der Waals surface area contributed by atoms with Crippen LogP contribution in [0.2, 0.25) is 0 Å². The lowest BCUT2D eigenvalue weighted by Crippen LogP contribution is -2.55. The van der Waals surface area contributed by atoms with Crippen LogP contribution in [0.5, 0.6) is 0 Å². The van der Waals surface area contributed by atoms with Gasteiger partial charge in [-0.15, -0.1) is 0 Å². The molecule has 2 aromatic carbocycles. The van der Waals surface area contributed by atoms with Gasteiger partial charge in [0.15, 0.2) is 6.35 Å². The Balaban J connectivity index is 1.23. The lowest BCUT2D eigenvalue weighted by Gasteiger charge is -2.41. The number of nitrogens with zero attached hydrogens (tertiary/aromatic N) is 3. The van der Waals surface area contributed by atoms with E-state index < -0.39 is 23.9 Å². The fourth-order valence-corrected chi connectivity index (χ4v) is 7.37. The van der Waals surface area contributed by atoms with Crippen molar-refractivity contribution in [2.45, 2.75) is 36.3 Å². The van der Waals surface area contributed by atoms with E-state index in [0.717, 1.165) is 57.2 Å². The zero-order valence-corrected chi connectivity index (χ0v) is 20.2. The Labute approximate surface area is 212 Å². The summed E-state index contributed by atoms with van der Waals surface area (Å²) in [6.45, 7) is 4.87. The summed E-state index contributed by atoms with van der Waals surface area (Å²) < 4.78 is 53.6. The summed E-state index contributed by atoms with van der Waals surface area (Å²) in [6, 6.07) is 12.7. The lowest BCUT2D eigenvalue weighted by atomic mass is 9.84. The van der Waals surface area contributed by atoms with Crippen LogP contribution in [0.25, 0.3) is 0 Å². The first-order chi connectivity index (χ1) is 17.7. The highest BCUT2D eigenvalue weighted by Crippen LogP contribution is 2.93. The zero-order valence-electron chi connectivity index (χ0n) is 20.2. The quantitative estimate of drug-likeness (QED) is 0.370. The number of halogens is 4. The fraction of sp³-hybridized carbons (Fsp3) is 0.519. The molecule has 1 saturated heterocycles. The van der Waals surface area contributed by atoms with E-state index in [-0.39, 0.29) is 16.6 Å². The van der Waals surface area contributed by atoms with E-state index in [9.17, 15) is 27.9 Å². The van der Waals surface area contributed by atoms with E-state index in [4.69, 9.17) is 0 Å². The van der Waals surface area contributed by atoms with E-state index in [0.29, 0.717) is 30.0 Å². The zero-order chi connectivity index (χ0) is 26.0. The van der Waals surface area contributed by atoms with Gasteiger partial charge in [-0.1, -0.05) is 12.1 Å². The molecule has 5 fully saturated rings. The summed E-state index contributed by atoms with van der Waals surface area (Å²) in [4.78, 5) is 4.33. The van der Waals surface area contributed by atoms with Gasteiger partial charge in [0.2, 0.25) is 0 Å². The molecule has 37 heavy (non-hydrogen) atoms. The van der Waals surface area contributed by atoms with E-state index >= 15 is 0 Å². The Morgan fingerprint density at radius 1 is 1.16 bits per heavy atom. The number of alkyl halides is 3. The van der Waals surface area contributed by atoms with Crippen molar-refractivity contribution in [1.82, 2.24) is 15.1 Å². The van der Waals surface area contributed by atoms with Gasteiger partial charge in [0.25, 0.3) is 0 Å². The largest absolute Gasteiger partial charge is 0.419 e. The third kappa shape index (κ3) is 3.83. The predicted octanol–water partition coefficient (Wildman–Crippen LogP) is 3.34. The number of nitrogens with one attached hydrogen (secondary N) is 2. The highest BCUT2D eigenvalue weighted by Gasteiger charge is 2.97. The first kappa shape index (κ1) is 24.6. The van der Waals surface area contributed by atoms with Gasteiger partial charge in [-0.2, -0.15) is 18.4 Å². The van der Waals surface area contributed by atoms with Crippen LogP contribution in [0.4, 0.5) is 23.2 Å². The molecule has 7 rings (SSSR count). The van der Waals surface area contributed by atoms with Crippen molar-refractivity contribution in [1.29, 1.82) is 5.26 Å². The minimum Gasteiger partial charge on any atom is -0.361 e. The molecule has 10 heteroatoms. The molecule has 1 aliphatic heterocycles. The molecule has 2 aromatic rings. The number of fused-ring (bicyclic) bond motifs is 1. The van der Waals surface area contributed by atoms with Crippen molar-refractivity contribution < 1.29 is 22.7 Å². The first-order valence-corrected chi connectivity index (χ1v) is 12.7. The minimum atomic E-state index is -4.82. The average molecular weight is 516 g/mol. The monoisotopic (exact) mass is 515 g/mol. The van der Waals surface area contributed by atoms with Crippen LogP contribution in [-0.4, -0.2) is 66.1 Å². The second kappa shape index (κ2) is 8.67. The molecule has 4 unspecified atom stereocenters. The molecule has 2 bridgehead atoms. The second-order valence-electron chi connectivity index (χ2n) is 10.7. The van der Waals surface area contributed by atoms with Crippen molar-refractivity contribution in [2.24, 2.45) is 11.8 Å². The normalized spacial score (nSPS) is 31.1. The standard InChI is InChI=1S/C27H29F4N5O/c28-21-5-4-19(15-20(21)27(29,30)31)34-24(37)36(13-12-35-10-8-33-9-11-35)26-7-6-25(22(26)23(25)26)18-3-1-2-17(14-18)16-32/h1-5,14-15,22-24,33-34,37H,6-13H2/t22-,23?,24?,25?,26?/m0/s1. The van der Waals surface area contributed by atoms with Crippen molar-refractivity contribution >= 4 is 5.69 Å². The number of anilines is 1. The summed E-state index contributed by atoms with van der Waals surface area (Å²) in [6.07, 6.45) is -4.22. The van der Waals surface area contributed by atoms with Gasteiger partial charge in [-0.25, -0.2) is 4.39 Å². The summed E-state index contributed by atoms with van der Waals surface area (Å²) in [5, 5.41) is 26.8. The molecule has 3 N–H and O–H groups in total. The summed E-state index contributed by atoms with van der Waals surface area (Å²) in [5.41, 5.74) is 0.235. The van der Waals surface area contributed by atoms with Gasteiger partial charge in [-0.3, -0.25) is 9.80 Å². The predicted molar refractivity (Wildman–Crippen MR) is 129 cm³/mol. The topological polar surface area (TPSA) is 74.6 Å². The van der Waals surface area contributed by atoms with Gasteiger partial charge in [0.05, 0.1) is 17.2 Å². The molecule has 4 saturated carbocycles. The smallest absolute Gasteiger partial charge is 0.361 e. The number of rotatable bonds is 8. The number of hydrogen-bond acceptors (Lipinski definition) is 6. The fourth-order valence-electron chi connectivity index (χ4n) is 7.37. The van der Waals surface area contributed by atoms with Crippen LogP contribution in [0.3, 0.4) is 0 Å². The Hall–Kier alpha value is -2.71. The van der Waals surface area contributed by atoms with E-state index in [2.05, 4.69) is 27.7 Å². The molecule has 0 spiro atoms. The molecule has 1 heterocycles. The average Bonchev–Trinajstić information content (AvgIpc) is 3.68. The lowest BCUT2D eigenvalue weighted by molar-refractivity contribution is -0.140. The van der Waals surface area contributed by atoms with Crippen molar-refractivity contribution in [3.05, 3.63) is 65.0 Å². The van der Waals surface area contributed by atoms with E-state index in [1.165, 1.54) is 6.07 Å². The van der Waals surface area contributed by atoms with Crippen LogP contribution in [-0.2, 0) is 11.6 Å². The number of nitriles is 1. The first-order valence-electron chi connectivity index (χ1n) is 12.7. The third-order valence-electron chi connectivity index (χ3n) is 9.03. The molecule has 0 radical (unpaired) electrons. The van der Waals surface area contributed by atoms with Gasteiger partial charge in [0, 0.05) is 55.9 Å². The maximum absolute atomic E-state index is 13.8. The molecular formula is C27H29F4N5O. The summed E-state index contributed by atoms with van der Waals surface area (Å²) >= 11 is 0. The van der Waals surface area contributed by atoms with Gasteiger partial charge >= 0.3 is 6.18 Å². The molecular weight excluding hydrogens is 486 g/mol. The van der Waals surface area contributed by atoms with E-state index in [1.807, 2.05) is 17.0 Å².